The minimum Gasteiger partial charge on any atom is -0.270 e. The maximum atomic E-state index is 5.72. The number of nitrogens with zero attached hydrogens (tertiary/aromatic N) is 2. The van der Waals surface area contributed by atoms with Crippen LogP contribution in [0.15, 0.2) is 28.2 Å². The van der Waals surface area contributed by atoms with Crippen molar-refractivity contribution in [1.82, 2.24) is 15.2 Å². The second-order valence-electron chi connectivity index (χ2n) is 3.90. The summed E-state index contributed by atoms with van der Waals surface area (Å²) in [5.74, 6) is 5.72. The molecule has 3 aromatic rings. The summed E-state index contributed by atoms with van der Waals surface area (Å²) in [6, 6.07) is 4.28. The average Bonchev–Trinajstić information content (AvgIpc) is 2.99. The molecule has 0 bridgehead atoms. The van der Waals surface area contributed by atoms with E-state index in [2.05, 4.69) is 44.0 Å². The molecular weight excluding hydrogens is 332 g/mol. The number of rotatable bonds is 3. The Balaban J connectivity index is 2.10. The first-order chi connectivity index (χ1) is 8.70. The lowest BCUT2D eigenvalue weighted by Crippen LogP contribution is -2.30. The Labute approximate surface area is 121 Å². The van der Waals surface area contributed by atoms with Crippen LogP contribution in [0.25, 0.3) is 9.40 Å². The first-order valence-corrected chi connectivity index (χ1v) is 7.80. The maximum Gasteiger partial charge on any atom is 0.0982 e. The van der Waals surface area contributed by atoms with Gasteiger partial charge in [-0.3, -0.25) is 10.5 Å². The lowest BCUT2D eigenvalue weighted by molar-refractivity contribution is 0.580. The van der Waals surface area contributed by atoms with Gasteiger partial charge in [0.1, 0.15) is 0 Å². The normalized spacial score (nSPS) is 13.3. The van der Waals surface area contributed by atoms with E-state index in [1.165, 1.54) is 14.3 Å². The zero-order chi connectivity index (χ0) is 12.7. The molecule has 3 aromatic heterocycles. The number of aryl methyl sites for hydroxylation is 1. The van der Waals surface area contributed by atoms with Crippen LogP contribution in [0.3, 0.4) is 0 Å². The van der Waals surface area contributed by atoms with Gasteiger partial charge in [0.2, 0.25) is 0 Å². The highest BCUT2D eigenvalue weighted by Gasteiger charge is 2.21. The van der Waals surface area contributed by atoms with Crippen LogP contribution in [0.2, 0.25) is 0 Å². The second-order valence-corrected chi connectivity index (χ2v) is 6.82. The van der Waals surface area contributed by atoms with Gasteiger partial charge in [-0.15, -0.1) is 22.7 Å². The third-order valence-electron chi connectivity index (χ3n) is 2.82. The van der Waals surface area contributed by atoms with Crippen LogP contribution in [0, 0.1) is 0 Å². The summed E-state index contributed by atoms with van der Waals surface area (Å²) < 4.78 is 5.40. The molecule has 1 atom stereocenters. The third-order valence-corrected chi connectivity index (χ3v) is 5.59. The van der Waals surface area contributed by atoms with Crippen LogP contribution < -0.4 is 11.3 Å². The van der Waals surface area contributed by atoms with Crippen molar-refractivity contribution in [2.24, 2.45) is 12.9 Å². The van der Waals surface area contributed by atoms with E-state index in [1.54, 1.807) is 28.9 Å². The fourth-order valence-corrected chi connectivity index (χ4v) is 4.73. The number of nitrogens with one attached hydrogen (secondary N) is 1. The summed E-state index contributed by atoms with van der Waals surface area (Å²) in [6.07, 6.45) is 1.79. The fourth-order valence-electron chi connectivity index (χ4n) is 1.97. The molecule has 0 saturated heterocycles. The van der Waals surface area contributed by atoms with Crippen LogP contribution in [0.5, 0.6) is 0 Å². The van der Waals surface area contributed by atoms with Crippen molar-refractivity contribution in [1.29, 1.82) is 0 Å². The third kappa shape index (κ3) is 1.92. The summed E-state index contributed by atoms with van der Waals surface area (Å²) in [5, 5.41) is 6.34. The summed E-state index contributed by atoms with van der Waals surface area (Å²) in [6.45, 7) is 0. The topological polar surface area (TPSA) is 55.9 Å². The van der Waals surface area contributed by atoms with Crippen molar-refractivity contribution in [2.75, 3.05) is 0 Å². The van der Waals surface area contributed by atoms with Gasteiger partial charge in [-0.1, -0.05) is 0 Å². The first kappa shape index (κ1) is 12.3. The van der Waals surface area contributed by atoms with Gasteiger partial charge in [0, 0.05) is 21.3 Å². The molecule has 0 saturated carbocycles. The molecule has 0 amide bonds. The number of hydrogen-bond donors (Lipinski definition) is 2. The molecule has 3 heterocycles. The summed E-state index contributed by atoms with van der Waals surface area (Å²) >= 11 is 7.03. The zero-order valence-electron chi connectivity index (χ0n) is 9.55. The molecule has 1 unspecified atom stereocenters. The molecule has 0 aromatic carbocycles. The van der Waals surface area contributed by atoms with Gasteiger partial charge in [-0.25, -0.2) is 5.43 Å². The highest BCUT2D eigenvalue weighted by atomic mass is 79.9. The monoisotopic (exact) mass is 342 g/mol. The Morgan fingerprint density at radius 1 is 1.50 bits per heavy atom. The van der Waals surface area contributed by atoms with Crippen molar-refractivity contribution < 1.29 is 0 Å². The van der Waals surface area contributed by atoms with E-state index in [9.17, 15) is 0 Å². The molecule has 3 rings (SSSR count). The Morgan fingerprint density at radius 3 is 2.94 bits per heavy atom. The van der Waals surface area contributed by atoms with Gasteiger partial charge >= 0.3 is 0 Å². The first-order valence-electron chi connectivity index (χ1n) is 5.31. The average molecular weight is 343 g/mol. The lowest BCUT2D eigenvalue weighted by Gasteiger charge is -2.15. The van der Waals surface area contributed by atoms with E-state index < -0.39 is 0 Å². The molecule has 0 radical (unpaired) electrons. The number of halogens is 1. The highest BCUT2D eigenvalue weighted by Crippen LogP contribution is 2.37. The number of hydrogen-bond acceptors (Lipinski definition) is 5. The van der Waals surface area contributed by atoms with Gasteiger partial charge in [-0.05, 0) is 33.4 Å². The lowest BCUT2D eigenvalue weighted by atomic mass is 10.2. The minimum absolute atomic E-state index is 0.0449. The smallest absolute Gasteiger partial charge is 0.0982 e. The highest BCUT2D eigenvalue weighted by molar-refractivity contribution is 9.10. The van der Waals surface area contributed by atoms with E-state index >= 15 is 0 Å². The number of hydrazine groups is 1. The molecule has 0 aliphatic rings. The van der Waals surface area contributed by atoms with Gasteiger partial charge in [-0.2, -0.15) is 5.10 Å². The molecular formula is C11H11BrN4S2. The molecule has 0 aliphatic heterocycles. The number of aromatic nitrogens is 2. The molecule has 18 heavy (non-hydrogen) atoms. The van der Waals surface area contributed by atoms with Crippen molar-refractivity contribution in [3.8, 4) is 0 Å². The Hall–Kier alpha value is -0.730. The van der Waals surface area contributed by atoms with Crippen LogP contribution in [-0.4, -0.2) is 9.78 Å². The number of nitrogens with two attached hydrogens (primary N) is 1. The van der Waals surface area contributed by atoms with Crippen LogP contribution in [0.1, 0.15) is 16.6 Å². The minimum atomic E-state index is -0.0449. The molecule has 3 N–H and O–H groups in total. The fraction of sp³-hybridized carbons (Fsp3) is 0.182. The van der Waals surface area contributed by atoms with Gasteiger partial charge < -0.3 is 0 Å². The summed E-state index contributed by atoms with van der Waals surface area (Å²) in [7, 11) is 1.92. The van der Waals surface area contributed by atoms with Crippen molar-refractivity contribution in [3.63, 3.8) is 0 Å². The van der Waals surface area contributed by atoms with Gasteiger partial charge in [0.05, 0.1) is 22.4 Å². The predicted octanol–water partition coefficient (Wildman–Crippen LogP) is 3.01. The van der Waals surface area contributed by atoms with Crippen LogP contribution in [-0.2, 0) is 7.05 Å². The Morgan fingerprint density at radius 2 is 2.33 bits per heavy atom. The molecule has 94 valence electrons. The Bertz CT molecular complexity index is 636. The van der Waals surface area contributed by atoms with Crippen molar-refractivity contribution >= 4 is 48.0 Å². The predicted molar refractivity (Wildman–Crippen MR) is 79.8 cm³/mol. The molecule has 0 aliphatic carbocycles. The van der Waals surface area contributed by atoms with E-state index in [4.69, 9.17) is 5.84 Å². The van der Waals surface area contributed by atoms with E-state index in [-0.39, 0.29) is 6.04 Å². The van der Waals surface area contributed by atoms with Gasteiger partial charge in [0.25, 0.3) is 0 Å². The quantitative estimate of drug-likeness (QED) is 0.568. The van der Waals surface area contributed by atoms with E-state index in [0.29, 0.717) is 0 Å². The van der Waals surface area contributed by atoms with Gasteiger partial charge in [0.15, 0.2) is 0 Å². The number of thiophene rings is 2. The van der Waals surface area contributed by atoms with Crippen molar-refractivity contribution in [2.45, 2.75) is 6.04 Å². The van der Waals surface area contributed by atoms with Crippen molar-refractivity contribution in [3.05, 3.63) is 38.8 Å². The SMILES string of the molecule is Cn1ncc(Br)c1C(NN)c1cc2sccc2s1. The molecule has 0 fully saturated rings. The molecule has 4 nitrogen and oxygen atoms in total. The Kier molecular flexibility index (Phi) is 3.25. The summed E-state index contributed by atoms with van der Waals surface area (Å²) in [5.41, 5.74) is 3.91. The number of fused-ring (bicyclic) bond motifs is 1. The summed E-state index contributed by atoms with van der Waals surface area (Å²) in [4.78, 5) is 1.20. The standard InChI is InChI=1S/C11H11BrN4S2/c1-16-11(6(12)5-14-16)10(15-13)9-4-8-7(18-9)2-3-17-8/h2-5,10,15H,13H2,1H3. The molecule has 7 heteroatoms. The largest absolute Gasteiger partial charge is 0.270 e. The van der Waals surface area contributed by atoms with E-state index in [1.807, 2.05) is 11.7 Å². The van der Waals surface area contributed by atoms with E-state index in [0.717, 1.165) is 10.2 Å². The second kappa shape index (κ2) is 4.75. The van der Waals surface area contributed by atoms with Crippen LogP contribution >= 0.6 is 38.6 Å². The van der Waals surface area contributed by atoms with Crippen LogP contribution in [0.4, 0.5) is 0 Å². The zero-order valence-corrected chi connectivity index (χ0v) is 12.8. The molecule has 0 spiro atoms. The maximum absolute atomic E-state index is 5.72.